The Labute approximate surface area is 73.4 Å². The molecule has 9 heavy (non-hydrogen) atoms. The molecule has 0 spiro atoms. The molecule has 0 aliphatic carbocycles. The van der Waals surface area contributed by atoms with Crippen LogP contribution in [0.15, 0.2) is 0 Å². The van der Waals surface area contributed by atoms with Gasteiger partial charge < -0.3 is 8.42 Å². The zero-order valence-electron chi connectivity index (χ0n) is 6.42. The Morgan fingerprint density at radius 1 is 1.22 bits per heavy atom. The van der Waals surface area contributed by atoms with E-state index in [4.69, 9.17) is 8.42 Å². The van der Waals surface area contributed by atoms with Crippen LogP contribution in [0.2, 0.25) is 23.1 Å². The van der Waals surface area contributed by atoms with Crippen molar-refractivity contribution in [1.29, 1.82) is 0 Å². The van der Waals surface area contributed by atoms with E-state index in [1.807, 2.05) is 0 Å². The Hall–Kier alpha value is 1.01. The van der Waals surface area contributed by atoms with Gasteiger partial charge in [-0.05, 0) is 0 Å². The predicted molar refractivity (Wildman–Crippen MR) is 45.1 cm³/mol. The van der Waals surface area contributed by atoms with Crippen molar-refractivity contribution >= 4 is 42.0 Å². The molecule has 0 aromatic rings. The molecule has 0 aliphatic heterocycles. The van der Waals surface area contributed by atoms with E-state index in [9.17, 15) is 0 Å². The minimum atomic E-state index is -1.08. The van der Waals surface area contributed by atoms with Crippen molar-refractivity contribution in [2.24, 2.45) is 0 Å². The first-order valence-electron chi connectivity index (χ1n) is 2.67. The second kappa shape index (κ2) is 35.9. The minimum absolute atomic E-state index is 0.750. The van der Waals surface area contributed by atoms with Crippen molar-refractivity contribution in [3.63, 3.8) is 0 Å². The van der Waals surface area contributed by atoms with E-state index in [1.165, 1.54) is 0 Å². The quantitative estimate of drug-likeness (QED) is 0.316. The van der Waals surface area contributed by atoms with Gasteiger partial charge in [0, 0.05) is 0 Å². The maximum atomic E-state index is 8.35. The third-order valence-corrected chi connectivity index (χ3v) is 0. The first kappa shape index (κ1) is 16.5. The number of rotatable bonds is 0. The molecule has 53 valence electrons. The van der Waals surface area contributed by atoms with Crippen LogP contribution in [0.3, 0.4) is 0 Å². The third kappa shape index (κ3) is 431. The van der Waals surface area contributed by atoms with E-state index in [1.54, 1.807) is 0 Å². The van der Waals surface area contributed by atoms with Gasteiger partial charge in [0.15, 0.2) is 15.2 Å². The molecule has 0 atom stereocenters. The molecule has 0 saturated carbocycles. The van der Waals surface area contributed by atoms with Gasteiger partial charge in [0.25, 0.3) is 0 Å². The smallest absolute Gasteiger partial charge is 0.115 e. The van der Waals surface area contributed by atoms with E-state index < -0.39 is 11.6 Å². The van der Waals surface area contributed by atoms with Gasteiger partial charge in [-0.2, -0.15) is 0 Å². The van der Waals surface area contributed by atoms with Crippen molar-refractivity contribution < 1.29 is 8.42 Å². The topological polar surface area (TPSA) is 34.1 Å². The van der Waals surface area contributed by atoms with E-state index in [2.05, 4.69) is 23.1 Å². The molecule has 0 amide bonds. The Morgan fingerprint density at radius 2 is 1.22 bits per heavy atom. The molecule has 1 radical (unpaired) electrons. The number of thiol groups is 1. The van der Waals surface area contributed by atoms with Crippen LogP contribution in [0.5, 0.6) is 0 Å². The maximum Gasteiger partial charge on any atom is 0.191 e. The molecule has 5 heteroatoms. The number of hydrogen-bond donors (Lipinski definition) is 0. The summed E-state index contributed by atoms with van der Waals surface area (Å²) in [4.78, 5) is 0. The van der Waals surface area contributed by atoms with E-state index in [0.717, 1.165) is 30.4 Å². The summed E-state index contributed by atoms with van der Waals surface area (Å²) in [6.45, 7) is 0. The monoisotopic (exact) mass is 179 g/mol. The Balaban J connectivity index is -0.0000000600. The average Bonchev–Trinajstić information content (AvgIpc) is 1.70. The maximum absolute atomic E-state index is 8.35. The first-order chi connectivity index (χ1) is 4.24. The second-order valence-electron chi connectivity index (χ2n) is 1.23. The van der Waals surface area contributed by atoms with Crippen LogP contribution in [0.4, 0.5) is 0 Å². The molecule has 0 unspecified atom stereocenters. The first-order valence-corrected chi connectivity index (χ1v) is 8.02. The van der Waals surface area contributed by atoms with Crippen molar-refractivity contribution in [3.8, 4) is 0 Å². The van der Waals surface area contributed by atoms with Crippen molar-refractivity contribution in [2.75, 3.05) is 0 Å². The van der Waals surface area contributed by atoms with Crippen LogP contribution < -0.4 is 0 Å². The summed E-state index contributed by atoms with van der Waals surface area (Å²) in [6.07, 6.45) is 0. The molecule has 0 saturated heterocycles. The average molecular weight is 179 g/mol. The molecular formula is C4H13Al2O2S. The molecule has 2 nitrogen and oxygen atoms in total. The summed E-state index contributed by atoms with van der Waals surface area (Å²) in [5.74, 6) is 8.83. The van der Waals surface area contributed by atoms with Crippen LogP contribution in [-0.2, 0) is 20.0 Å². The molecule has 0 N–H and O–H groups in total. The second-order valence-corrected chi connectivity index (χ2v) is 3.69. The molecule has 0 aliphatic rings. The van der Waals surface area contributed by atoms with Gasteiger partial charge in [-0.1, -0.05) is 11.6 Å². The fourth-order valence-corrected chi connectivity index (χ4v) is 0. The third-order valence-electron chi connectivity index (χ3n) is 0. The summed E-state index contributed by atoms with van der Waals surface area (Å²) in [5, 5.41) is 0. The predicted octanol–water partition coefficient (Wildman–Crippen LogP) is 1.07. The standard InChI is InChI=1S/4CH3.2Al.HO2S/c;;;;;;1-3-2/h4*1H3;;;3H/q;;;;;+1;-1. The van der Waals surface area contributed by atoms with Crippen LogP contribution >= 0.6 is 0 Å². The zero-order chi connectivity index (χ0) is 8.12. The van der Waals surface area contributed by atoms with E-state index in [0.29, 0.717) is 0 Å². The van der Waals surface area contributed by atoms with E-state index >= 15 is 0 Å². The molecular weight excluding hydrogens is 166 g/mol. The van der Waals surface area contributed by atoms with Gasteiger partial charge in [0.05, 0.1) is 0 Å². The van der Waals surface area contributed by atoms with Gasteiger partial charge in [-0.25, -0.2) is 0 Å². The summed E-state index contributed by atoms with van der Waals surface area (Å²) in [6, 6.07) is 0. The van der Waals surface area contributed by atoms with Gasteiger partial charge in [-0.15, -0.1) is 11.6 Å². The van der Waals surface area contributed by atoms with Gasteiger partial charge in [0.1, 0.15) is 0 Å². The zero-order valence-corrected chi connectivity index (χ0v) is 9.62. The van der Waals surface area contributed by atoms with Gasteiger partial charge in [-0.3, -0.25) is 0 Å². The molecule has 0 heterocycles. The Morgan fingerprint density at radius 3 is 1.22 bits per heavy atom. The van der Waals surface area contributed by atoms with Crippen molar-refractivity contribution in [2.45, 2.75) is 23.1 Å². The SMILES string of the molecule is O=[SH-]=O.[CH3][Al+][CH3].[CH3][Al][CH3]. The van der Waals surface area contributed by atoms with Crippen LogP contribution in [0.25, 0.3) is 0 Å². The van der Waals surface area contributed by atoms with Crippen LogP contribution in [0.1, 0.15) is 0 Å². The summed E-state index contributed by atoms with van der Waals surface area (Å²) >= 11 is 0.417. The largest absolute Gasteiger partial charge is 0.191 e. The van der Waals surface area contributed by atoms with Crippen molar-refractivity contribution in [1.82, 2.24) is 0 Å². The van der Waals surface area contributed by atoms with Crippen LogP contribution in [-0.4, -0.2) is 30.4 Å². The summed E-state index contributed by atoms with van der Waals surface area (Å²) in [7, 11) is 0. The summed E-state index contributed by atoms with van der Waals surface area (Å²) in [5.41, 5.74) is 0. The fourth-order valence-electron chi connectivity index (χ4n) is 0. The van der Waals surface area contributed by atoms with Crippen LogP contribution in [0, 0.1) is 0 Å². The minimum Gasteiger partial charge on any atom is -0.115 e. The molecule has 0 bridgehead atoms. The number of hydrogen-bond acceptors (Lipinski definition) is 3. The normalized spacial score (nSPS) is 4.44. The molecule has 0 rings (SSSR count). The van der Waals surface area contributed by atoms with Crippen molar-refractivity contribution in [3.05, 3.63) is 0 Å². The molecule has 0 fully saturated rings. The van der Waals surface area contributed by atoms with E-state index in [-0.39, 0.29) is 0 Å². The summed E-state index contributed by atoms with van der Waals surface area (Å²) < 4.78 is 16.7. The fraction of sp³-hybridized carbons (Fsp3) is 1.00. The van der Waals surface area contributed by atoms with Gasteiger partial charge in [0.2, 0.25) is 0 Å². The molecule has 0 aromatic carbocycles. The van der Waals surface area contributed by atoms with Gasteiger partial charge >= 0.3 is 26.8 Å². The Bertz CT molecular complexity index is 52.5. The molecule has 0 aromatic heterocycles. The Kier molecular flexibility index (Phi) is 66.0.